The van der Waals surface area contributed by atoms with Gasteiger partial charge in [0.15, 0.2) is 9.84 Å². The van der Waals surface area contributed by atoms with Crippen LogP contribution in [0.5, 0.6) is 0 Å². The molecule has 1 saturated heterocycles. The highest BCUT2D eigenvalue weighted by molar-refractivity contribution is 7.91. The van der Waals surface area contributed by atoms with Gasteiger partial charge < -0.3 is 5.32 Å². The second-order valence-electron chi connectivity index (χ2n) is 4.79. The van der Waals surface area contributed by atoms with Gasteiger partial charge in [0.1, 0.15) is 6.54 Å². The highest BCUT2D eigenvalue weighted by Crippen LogP contribution is 2.10. The highest BCUT2D eigenvalue weighted by atomic mass is 32.2. The van der Waals surface area contributed by atoms with Crippen LogP contribution in [-0.4, -0.2) is 41.0 Å². The average Bonchev–Trinajstić information content (AvgIpc) is 2.69. The Bertz CT molecular complexity index is 746. The van der Waals surface area contributed by atoms with Crippen molar-refractivity contribution in [3.8, 4) is 0 Å². The van der Waals surface area contributed by atoms with Gasteiger partial charge in [-0.1, -0.05) is 0 Å². The maximum Gasteiger partial charge on any atom is 0.331 e. The van der Waals surface area contributed by atoms with Crippen LogP contribution < -0.4 is 16.6 Å². The van der Waals surface area contributed by atoms with Gasteiger partial charge in [-0.3, -0.25) is 18.7 Å². The molecular formula is C11H15N3O5S. The van der Waals surface area contributed by atoms with Crippen molar-refractivity contribution < 1.29 is 13.2 Å². The lowest BCUT2D eigenvalue weighted by Crippen LogP contribution is -2.42. The van der Waals surface area contributed by atoms with Crippen molar-refractivity contribution >= 4 is 15.7 Å². The first-order valence-electron chi connectivity index (χ1n) is 6.05. The number of aromatic nitrogens is 2. The molecule has 2 heterocycles. The van der Waals surface area contributed by atoms with E-state index in [0.717, 1.165) is 9.13 Å². The van der Waals surface area contributed by atoms with Crippen LogP contribution in [-0.2, 0) is 28.2 Å². The molecule has 1 aromatic heterocycles. The van der Waals surface area contributed by atoms with Crippen LogP contribution in [0.25, 0.3) is 0 Å². The molecule has 2 rings (SSSR count). The Balaban J connectivity index is 2.04. The zero-order valence-electron chi connectivity index (χ0n) is 10.9. The van der Waals surface area contributed by atoms with Gasteiger partial charge in [0.2, 0.25) is 5.91 Å². The largest absolute Gasteiger partial charge is 0.351 e. The van der Waals surface area contributed by atoms with Gasteiger partial charge in [-0.25, -0.2) is 13.2 Å². The Morgan fingerprint density at radius 2 is 2.15 bits per heavy atom. The molecule has 1 aliphatic rings. The first-order valence-corrected chi connectivity index (χ1v) is 7.87. The molecule has 1 amide bonds. The fourth-order valence-corrected chi connectivity index (χ4v) is 3.75. The van der Waals surface area contributed by atoms with Crippen molar-refractivity contribution in [2.75, 3.05) is 11.5 Å². The second kappa shape index (κ2) is 5.23. The molecule has 8 nitrogen and oxygen atoms in total. The topological polar surface area (TPSA) is 107 Å². The Morgan fingerprint density at radius 1 is 1.45 bits per heavy atom. The summed E-state index contributed by atoms with van der Waals surface area (Å²) in [5, 5.41) is 2.58. The summed E-state index contributed by atoms with van der Waals surface area (Å²) in [6.07, 6.45) is 1.63. The Kier molecular flexibility index (Phi) is 3.80. The minimum absolute atomic E-state index is 0.0672. The van der Waals surface area contributed by atoms with Crippen LogP contribution in [0.15, 0.2) is 21.9 Å². The van der Waals surface area contributed by atoms with Crippen LogP contribution in [0.1, 0.15) is 6.42 Å². The number of hydrogen-bond acceptors (Lipinski definition) is 5. The molecular weight excluding hydrogens is 286 g/mol. The molecule has 110 valence electrons. The minimum Gasteiger partial charge on any atom is -0.351 e. The molecule has 1 atom stereocenters. The normalized spacial score (nSPS) is 20.8. The van der Waals surface area contributed by atoms with Crippen molar-refractivity contribution in [2.45, 2.75) is 19.0 Å². The molecule has 9 heteroatoms. The number of sulfone groups is 1. The van der Waals surface area contributed by atoms with Crippen molar-refractivity contribution in [1.82, 2.24) is 14.5 Å². The fourth-order valence-electron chi connectivity index (χ4n) is 2.07. The lowest BCUT2D eigenvalue weighted by molar-refractivity contribution is -0.122. The molecule has 1 fully saturated rings. The molecule has 0 radical (unpaired) electrons. The van der Waals surface area contributed by atoms with Crippen LogP contribution >= 0.6 is 0 Å². The predicted molar refractivity (Wildman–Crippen MR) is 71.1 cm³/mol. The number of carbonyl (C=O) groups is 1. The molecule has 1 aromatic rings. The SMILES string of the molecule is Cn1c(=O)ccn(CC(=O)N[C@@H]2CCS(=O)(=O)C2)c1=O. The van der Waals surface area contributed by atoms with E-state index >= 15 is 0 Å². The zero-order chi connectivity index (χ0) is 14.9. The molecule has 0 aliphatic carbocycles. The Labute approximate surface area is 114 Å². The number of nitrogens with zero attached hydrogens (tertiary/aromatic N) is 2. The Hall–Kier alpha value is -1.90. The van der Waals surface area contributed by atoms with Gasteiger partial charge in [0, 0.05) is 25.4 Å². The van der Waals surface area contributed by atoms with Gasteiger partial charge in [-0.15, -0.1) is 0 Å². The number of amides is 1. The molecule has 0 aromatic carbocycles. The first-order chi connectivity index (χ1) is 9.28. The van der Waals surface area contributed by atoms with Gasteiger partial charge in [-0.2, -0.15) is 0 Å². The summed E-state index contributed by atoms with van der Waals surface area (Å²) in [7, 11) is -1.74. The van der Waals surface area contributed by atoms with Crippen molar-refractivity contribution in [1.29, 1.82) is 0 Å². The third kappa shape index (κ3) is 3.16. The maximum atomic E-state index is 11.8. The summed E-state index contributed by atoms with van der Waals surface area (Å²) in [5.41, 5.74) is -1.04. The lowest BCUT2D eigenvalue weighted by atomic mass is 10.2. The molecule has 1 aliphatic heterocycles. The third-order valence-electron chi connectivity index (χ3n) is 3.17. The van der Waals surface area contributed by atoms with Gasteiger partial charge in [0.05, 0.1) is 11.5 Å². The highest BCUT2D eigenvalue weighted by Gasteiger charge is 2.28. The fraction of sp³-hybridized carbons (Fsp3) is 0.545. The monoisotopic (exact) mass is 301 g/mol. The number of rotatable bonds is 3. The number of nitrogens with one attached hydrogen (secondary N) is 1. The van der Waals surface area contributed by atoms with Gasteiger partial charge in [-0.05, 0) is 6.42 Å². The van der Waals surface area contributed by atoms with E-state index in [4.69, 9.17) is 0 Å². The van der Waals surface area contributed by atoms with Gasteiger partial charge in [0.25, 0.3) is 5.56 Å². The summed E-state index contributed by atoms with van der Waals surface area (Å²) in [6.45, 7) is -0.247. The van der Waals surface area contributed by atoms with E-state index in [1.165, 1.54) is 19.3 Å². The second-order valence-corrected chi connectivity index (χ2v) is 7.02. The van der Waals surface area contributed by atoms with E-state index in [1.807, 2.05) is 0 Å². The predicted octanol–water partition coefficient (Wildman–Crippen LogP) is -2.15. The summed E-state index contributed by atoms with van der Waals surface area (Å²) in [5.74, 6) is -0.452. The van der Waals surface area contributed by atoms with E-state index in [2.05, 4.69) is 5.32 Å². The van der Waals surface area contributed by atoms with E-state index in [9.17, 15) is 22.8 Å². The van der Waals surface area contributed by atoms with Crippen LogP contribution in [0, 0.1) is 0 Å². The maximum absolute atomic E-state index is 11.8. The van der Waals surface area contributed by atoms with Crippen LogP contribution in [0.4, 0.5) is 0 Å². The summed E-state index contributed by atoms with van der Waals surface area (Å²) in [6, 6.07) is 0.782. The average molecular weight is 301 g/mol. The van der Waals surface area contributed by atoms with E-state index < -0.39 is 33.0 Å². The van der Waals surface area contributed by atoms with E-state index in [-0.39, 0.29) is 18.1 Å². The molecule has 20 heavy (non-hydrogen) atoms. The Morgan fingerprint density at radius 3 is 2.75 bits per heavy atom. The molecule has 0 bridgehead atoms. The number of carbonyl (C=O) groups excluding carboxylic acids is 1. The summed E-state index contributed by atoms with van der Waals surface area (Å²) < 4.78 is 24.5. The lowest BCUT2D eigenvalue weighted by Gasteiger charge is -2.12. The molecule has 0 saturated carbocycles. The van der Waals surface area contributed by atoms with Crippen LogP contribution in [0.2, 0.25) is 0 Å². The third-order valence-corrected chi connectivity index (χ3v) is 4.94. The quantitative estimate of drug-likeness (QED) is 0.685. The zero-order valence-corrected chi connectivity index (χ0v) is 11.7. The molecule has 0 spiro atoms. The molecule has 1 N–H and O–H groups in total. The van der Waals surface area contributed by atoms with Crippen molar-refractivity contribution in [3.05, 3.63) is 33.1 Å². The summed E-state index contributed by atoms with van der Waals surface area (Å²) in [4.78, 5) is 34.7. The van der Waals surface area contributed by atoms with E-state index in [1.54, 1.807) is 0 Å². The van der Waals surface area contributed by atoms with Crippen molar-refractivity contribution in [3.63, 3.8) is 0 Å². The molecule has 0 unspecified atom stereocenters. The van der Waals surface area contributed by atoms with E-state index in [0.29, 0.717) is 6.42 Å². The van der Waals surface area contributed by atoms with Crippen LogP contribution in [0.3, 0.4) is 0 Å². The minimum atomic E-state index is -3.06. The summed E-state index contributed by atoms with van der Waals surface area (Å²) >= 11 is 0. The number of hydrogen-bond donors (Lipinski definition) is 1. The standard InChI is InChI=1S/C11H15N3O5S/c1-13-10(16)2-4-14(11(13)17)6-9(15)12-8-3-5-20(18,19)7-8/h2,4,8H,3,5-7H2,1H3,(H,12,15)/t8-/m1/s1. The smallest absolute Gasteiger partial charge is 0.331 e. The van der Waals surface area contributed by atoms with Gasteiger partial charge >= 0.3 is 5.69 Å². The van der Waals surface area contributed by atoms with Crippen molar-refractivity contribution in [2.24, 2.45) is 7.05 Å². The first kappa shape index (κ1) is 14.5.